The average molecular weight is 358 g/mol. The minimum absolute atomic E-state index is 0.0339. The van der Waals surface area contributed by atoms with Gasteiger partial charge in [0.2, 0.25) is 5.91 Å². The number of aliphatic hydroxyl groups is 1. The van der Waals surface area contributed by atoms with Crippen LogP contribution in [0, 0.1) is 5.41 Å². The standard InChI is InChI=1S/C21H30N2O3/c24-12-13-26-19-5-2-1-4-17(19)14-22-11-3-9-21(15-22)10-8-20(25)23(16-21)18-6-7-18/h1-2,4-5,18,24H,3,6-16H2/t21-/m1/s1. The Kier molecular flexibility index (Phi) is 5.18. The van der Waals surface area contributed by atoms with Crippen LogP contribution < -0.4 is 4.74 Å². The number of carbonyl (C=O) groups is 1. The molecule has 1 spiro atoms. The molecule has 5 nitrogen and oxygen atoms in total. The number of nitrogens with zero attached hydrogens (tertiary/aromatic N) is 2. The minimum atomic E-state index is 0.0339. The Morgan fingerprint density at radius 2 is 2.04 bits per heavy atom. The van der Waals surface area contributed by atoms with Crippen LogP contribution in [0.4, 0.5) is 0 Å². The van der Waals surface area contributed by atoms with E-state index in [1.165, 1.54) is 31.2 Å². The van der Waals surface area contributed by atoms with Crippen molar-refractivity contribution in [2.75, 3.05) is 32.8 Å². The van der Waals surface area contributed by atoms with Crippen molar-refractivity contribution in [2.24, 2.45) is 5.41 Å². The molecule has 3 aliphatic rings. The summed E-state index contributed by atoms with van der Waals surface area (Å²) >= 11 is 0. The van der Waals surface area contributed by atoms with E-state index in [0.29, 0.717) is 18.6 Å². The van der Waals surface area contributed by atoms with Crippen LogP contribution >= 0.6 is 0 Å². The van der Waals surface area contributed by atoms with Gasteiger partial charge in [0.25, 0.3) is 0 Å². The molecular formula is C21H30N2O3. The van der Waals surface area contributed by atoms with Crippen molar-refractivity contribution >= 4 is 5.91 Å². The molecule has 142 valence electrons. The van der Waals surface area contributed by atoms with Gasteiger partial charge in [-0.25, -0.2) is 0 Å². The smallest absolute Gasteiger partial charge is 0.222 e. The molecule has 2 saturated heterocycles. The summed E-state index contributed by atoms with van der Waals surface area (Å²) in [5.41, 5.74) is 1.46. The highest BCUT2D eigenvalue weighted by Crippen LogP contribution is 2.42. The third-order valence-corrected chi connectivity index (χ3v) is 6.14. The lowest BCUT2D eigenvalue weighted by molar-refractivity contribution is -0.140. The maximum Gasteiger partial charge on any atom is 0.222 e. The molecule has 5 heteroatoms. The first-order chi connectivity index (χ1) is 12.7. The monoisotopic (exact) mass is 358 g/mol. The Balaban J connectivity index is 1.43. The number of para-hydroxylation sites is 1. The van der Waals surface area contributed by atoms with Crippen molar-refractivity contribution in [3.8, 4) is 5.75 Å². The summed E-state index contributed by atoms with van der Waals surface area (Å²) in [5.74, 6) is 1.25. The van der Waals surface area contributed by atoms with Gasteiger partial charge in [-0.05, 0) is 44.7 Å². The van der Waals surface area contributed by atoms with Crippen LogP contribution in [0.25, 0.3) is 0 Å². The average Bonchev–Trinajstić information content (AvgIpc) is 3.49. The molecule has 1 saturated carbocycles. The molecule has 0 bridgehead atoms. The zero-order valence-electron chi connectivity index (χ0n) is 15.5. The van der Waals surface area contributed by atoms with Crippen LogP contribution in [-0.2, 0) is 11.3 Å². The van der Waals surface area contributed by atoms with Gasteiger partial charge in [0.05, 0.1) is 6.61 Å². The number of piperidine rings is 2. The number of likely N-dealkylation sites (tertiary alicyclic amines) is 2. The van der Waals surface area contributed by atoms with E-state index in [4.69, 9.17) is 9.84 Å². The van der Waals surface area contributed by atoms with E-state index >= 15 is 0 Å². The quantitative estimate of drug-likeness (QED) is 0.849. The van der Waals surface area contributed by atoms with Crippen molar-refractivity contribution < 1.29 is 14.6 Å². The molecule has 1 aromatic carbocycles. The summed E-state index contributed by atoms with van der Waals surface area (Å²) in [6.45, 7) is 4.37. The van der Waals surface area contributed by atoms with E-state index in [1.54, 1.807) is 0 Å². The maximum atomic E-state index is 12.3. The second-order valence-electron chi connectivity index (χ2n) is 8.25. The number of hydrogen-bond donors (Lipinski definition) is 1. The zero-order chi connectivity index (χ0) is 18.0. The minimum Gasteiger partial charge on any atom is -0.491 e. The zero-order valence-corrected chi connectivity index (χ0v) is 15.5. The fraction of sp³-hybridized carbons (Fsp3) is 0.667. The molecule has 3 fully saturated rings. The van der Waals surface area contributed by atoms with Crippen LogP contribution in [0.5, 0.6) is 5.75 Å². The molecule has 4 rings (SSSR count). The van der Waals surface area contributed by atoms with Gasteiger partial charge in [0.15, 0.2) is 0 Å². The second kappa shape index (κ2) is 7.57. The Morgan fingerprint density at radius 3 is 2.85 bits per heavy atom. The molecule has 1 N–H and O–H groups in total. The number of amides is 1. The van der Waals surface area contributed by atoms with Gasteiger partial charge in [0.1, 0.15) is 12.4 Å². The Bertz CT molecular complexity index is 646. The predicted octanol–water partition coefficient (Wildman–Crippen LogP) is 2.42. The highest BCUT2D eigenvalue weighted by Gasteiger charge is 2.45. The molecule has 1 aliphatic carbocycles. The van der Waals surface area contributed by atoms with Gasteiger partial charge in [-0.2, -0.15) is 0 Å². The van der Waals surface area contributed by atoms with Crippen molar-refractivity contribution in [2.45, 2.75) is 51.1 Å². The fourth-order valence-corrected chi connectivity index (χ4v) is 4.71. The largest absolute Gasteiger partial charge is 0.491 e. The number of carbonyl (C=O) groups excluding carboxylic acids is 1. The van der Waals surface area contributed by atoms with Gasteiger partial charge >= 0.3 is 0 Å². The third kappa shape index (κ3) is 3.89. The number of ether oxygens (including phenoxy) is 1. The van der Waals surface area contributed by atoms with Crippen LogP contribution in [0.3, 0.4) is 0 Å². The van der Waals surface area contributed by atoms with Crippen molar-refractivity contribution in [1.82, 2.24) is 9.80 Å². The van der Waals surface area contributed by atoms with E-state index in [2.05, 4.69) is 21.9 Å². The van der Waals surface area contributed by atoms with Crippen LogP contribution in [0.15, 0.2) is 24.3 Å². The highest BCUT2D eigenvalue weighted by molar-refractivity contribution is 5.78. The molecule has 0 unspecified atom stereocenters. The van der Waals surface area contributed by atoms with E-state index in [9.17, 15) is 4.79 Å². The van der Waals surface area contributed by atoms with Gasteiger partial charge < -0.3 is 14.7 Å². The highest BCUT2D eigenvalue weighted by atomic mass is 16.5. The normalized spacial score (nSPS) is 27.1. The lowest BCUT2D eigenvalue weighted by atomic mass is 9.73. The predicted molar refractivity (Wildman–Crippen MR) is 99.9 cm³/mol. The van der Waals surface area contributed by atoms with Gasteiger partial charge in [-0.15, -0.1) is 0 Å². The van der Waals surface area contributed by atoms with Gasteiger partial charge in [-0.3, -0.25) is 9.69 Å². The lowest BCUT2D eigenvalue weighted by Gasteiger charge is -2.48. The number of aliphatic hydroxyl groups excluding tert-OH is 1. The molecule has 1 aromatic rings. The van der Waals surface area contributed by atoms with Crippen LogP contribution in [-0.4, -0.2) is 59.7 Å². The molecule has 0 radical (unpaired) electrons. The third-order valence-electron chi connectivity index (χ3n) is 6.14. The van der Waals surface area contributed by atoms with E-state index in [-0.39, 0.29) is 12.0 Å². The van der Waals surface area contributed by atoms with Gasteiger partial charge in [-0.1, -0.05) is 18.2 Å². The molecular weight excluding hydrogens is 328 g/mol. The molecule has 1 atom stereocenters. The molecule has 1 amide bonds. The first kappa shape index (κ1) is 17.8. The first-order valence-corrected chi connectivity index (χ1v) is 10.0. The Hall–Kier alpha value is -1.59. The van der Waals surface area contributed by atoms with Crippen molar-refractivity contribution in [1.29, 1.82) is 0 Å². The van der Waals surface area contributed by atoms with Crippen LogP contribution in [0.2, 0.25) is 0 Å². The molecule has 26 heavy (non-hydrogen) atoms. The molecule has 0 aromatic heterocycles. The Labute approximate surface area is 155 Å². The SMILES string of the molecule is O=C1CC[C@@]2(CCCN(Cc3ccccc3OCCO)C2)CN1C1CC1. The summed E-state index contributed by atoms with van der Waals surface area (Å²) in [6, 6.07) is 8.67. The van der Waals surface area contributed by atoms with Gasteiger partial charge in [0, 0.05) is 43.1 Å². The number of hydrogen-bond acceptors (Lipinski definition) is 4. The molecule has 2 aliphatic heterocycles. The van der Waals surface area contributed by atoms with E-state index < -0.39 is 0 Å². The van der Waals surface area contributed by atoms with E-state index in [1.807, 2.05) is 12.1 Å². The summed E-state index contributed by atoms with van der Waals surface area (Å²) in [5, 5.41) is 9.03. The van der Waals surface area contributed by atoms with Crippen molar-refractivity contribution in [3.05, 3.63) is 29.8 Å². The van der Waals surface area contributed by atoms with Crippen molar-refractivity contribution in [3.63, 3.8) is 0 Å². The lowest BCUT2D eigenvalue weighted by Crippen LogP contribution is -2.54. The van der Waals surface area contributed by atoms with E-state index in [0.717, 1.165) is 44.8 Å². The molecule has 2 heterocycles. The summed E-state index contributed by atoms with van der Waals surface area (Å²) in [7, 11) is 0. The maximum absolute atomic E-state index is 12.3. The summed E-state index contributed by atoms with van der Waals surface area (Å²) in [4.78, 5) is 17.0. The second-order valence-corrected chi connectivity index (χ2v) is 8.25. The van der Waals surface area contributed by atoms with Crippen LogP contribution in [0.1, 0.15) is 44.1 Å². The topological polar surface area (TPSA) is 53.0 Å². The number of benzene rings is 1. The first-order valence-electron chi connectivity index (χ1n) is 10.0. The Morgan fingerprint density at radius 1 is 1.19 bits per heavy atom. The number of rotatable bonds is 6. The summed E-state index contributed by atoms with van der Waals surface area (Å²) < 4.78 is 5.71. The fourth-order valence-electron chi connectivity index (χ4n) is 4.71. The summed E-state index contributed by atoms with van der Waals surface area (Å²) in [6.07, 6.45) is 6.59.